The number of thiocarbonyl (C=S) groups is 1. The van der Waals surface area contributed by atoms with Crippen LogP contribution in [0.25, 0.3) is 0 Å². The van der Waals surface area contributed by atoms with Crippen LogP contribution < -0.4 is 16.4 Å². The van der Waals surface area contributed by atoms with Crippen molar-refractivity contribution in [1.29, 1.82) is 0 Å². The van der Waals surface area contributed by atoms with E-state index in [-0.39, 0.29) is 5.69 Å². The summed E-state index contributed by atoms with van der Waals surface area (Å²) < 4.78 is 0. The van der Waals surface area contributed by atoms with Crippen molar-refractivity contribution in [2.24, 2.45) is 0 Å². The van der Waals surface area contributed by atoms with Crippen LogP contribution in [0.1, 0.15) is 0 Å². The van der Waals surface area contributed by atoms with Crippen molar-refractivity contribution in [1.82, 2.24) is 0 Å². The first kappa shape index (κ1) is 13.8. The summed E-state index contributed by atoms with van der Waals surface area (Å²) in [6.07, 6.45) is 0. The molecule has 2 aromatic rings. The second-order valence-electron chi connectivity index (χ2n) is 3.97. The number of nitrogens with zero attached hydrogens (tertiary/aromatic N) is 1. The molecule has 0 saturated heterocycles. The second-order valence-corrected chi connectivity index (χ2v) is 4.38. The Morgan fingerprint density at radius 3 is 2.35 bits per heavy atom. The highest BCUT2D eigenvalue weighted by atomic mass is 32.1. The summed E-state index contributed by atoms with van der Waals surface area (Å²) in [4.78, 5) is 10.1. The van der Waals surface area contributed by atoms with Gasteiger partial charge in [0.1, 0.15) is 0 Å². The molecule has 0 bridgehead atoms. The molecule has 0 aliphatic heterocycles. The summed E-state index contributed by atoms with van der Waals surface area (Å²) in [5, 5.41) is 16.8. The topological polar surface area (TPSA) is 93.2 Å². The maximum Gasteiger partial charge on any atom is 0.269 e. The molecule has 0 amide bonds. The fraction of sp³-hybridized carbons (Fsp3) is 0. The van der Waals surface area contributed by atoms with Gasteiger partial charge in [-0.15, -0.1) is 0 Å². The minimum Gasteiger partial charge on any atom is -0.397 e. The van der Waals surface area contributed by atoms with Crippen molar-refractivity contribution < 1.29 is 4.92 Å². The van der Waals surface area contributed by atoms with Crippen LogP contribution in [0.4, 0.5) is 22.7 Å². The van der Waals surface area contributed by atoms with E-state index < -0.39 is 4.92 Å². The molecule has 6 nitrogen and oxygen atoms in total. The normalized spacial score (nSPS) is 9.80. The lowest BCUT2D eigenvalue weighted by Crippen LogP contribution is -2.19. The fourth-order valence-corrected chi connectivity index (χ4v) is 1.79. The molecule has 0 atom stereocenters. The van der Waals surface area contributed by atoms with E-state index in [1.54, 1.807) is 24.3 Å². The van der Waals surface area contributed by atoms with Gasteiger partial charge >= 0.3 is 0 Å². The molecular weight excluding hydrogens is 276 g/mol. The third-order valence-corrected chi connectivity index (χ3v) is 2.75. The molecule has 0 aliphatic rings. The molecule has 102 valence electrons. The number of benzene rings is 2. The van der Waals surface area contributed by atoms with Crippen LogP contribution in [0, 0.1) is 10.1 Å². The van der Waals surface area contributed by atoms with Crippen LogP contribution in [0.5, 0.6) is 0 Å². The van der Waals surface area contributed by atoms with Crippen LogP contribution in [-0.4, -0.2) is 10.0 Å². The molecule has 4 N–H and O–H groups in total. The van der Waals surface area contributed by atoms with Crippen molar-refractivity contribution in [3.8, 4) is 0 Å². The van der Waals surface area contributed by atoms with Gasteiger partial charge in [-0.05, 0) is 36.5 Å². The minimum atomic E-state index is -0.453. The van der Waals surface area contributed by atoms with Gasteiger partial charge in [0.2, 0.25) is 0 Å². The molecule has 0 saturated carbocycles. The summed E-state index contributed by atoms with van der Waals surface area (Å²) in [6, 6.07) is 13.2. The largest absolute Gasteiger partial charge is 0.397 e. The van der Waals surface area contributed by atoms with E-state index in [4.69, 9.17) is 18.0 Å². The average Bonchev–Trinajstić information content (AvgIpc) is 2.42. The van der Waals surface area contributed by atoms with Gasteiger partial charge in [0.25, 0.3) is 5.69 Å². The minimum absolute atomic E-state index is 0.0294. The van der Waals surface area contributed by atoms with E-state index >= 15 is 0 Å². The number of nitro benzene ring substituents is 1. The number of non-ortho nitro benzene ring substituents is 1. The van der Waals surface area contributed by atoms with Gasteiger partial charge in [0, 0.05) is 17.8 Å². The predicted molar refractivity (Wildman–Crippen MR) is 83.8 cm³/mol. The van der Waals surface area contributed by atoms with Crippen molar-refractivity contribution in [3.63, 3.8) is 0 Å². The van der Waals surface area contributed by atoms with Crippen LogP contribution >= 0.6 is 12.2 Å². The Labute approximate surface area is 120 Å². The third-order valence-electron chi connectivity index (χ3n) is 2.54. The Morgan fingerprint density at radius 2 is 1.75 bits per heavy atom. The number of hydrogen-bond acceptors (Lipinski definition) is 4. The maximum atomic E-state index is 10.5. The summed E-state index contributed by atoms with van der Waals surface area (Å²) in [6.45, 7) is 0. The van der Waals surface area contributed by atoms with Crippen molar-refractivity contribution in [2.45, 2.75) is 0 Å². The predicted octanol–water partition coefficient (Wildman–Crippen LogP) is 2.99. The lowest BCUT2D eigenvalue weighted by Gasteiger charge is -2.11. The quantitative estimate of drug-likeness (QED) is 0.348. The zero-order valence-electron chi connectivity index (χ0n) is 10.4. The van der Waals surface area contributed by atoms with Gasteiger partial charge in [-0.1, -0.05) is 12.1 Å². The van der Waals surface area contributed by atoms with Gasteiger partial charge in [0.05, 0.1) is 16.3 Å². The van der Waals surface area contributed by atoms with Crippen LogP contribution in [0.15, 0.2) is 48.5 Å². The molecule has 0 spiro atoms. The Bertz CT molecular complexity index is 643. The number of nitrogens with one attached hydrogen (secondary N) is 2. The van der Waals surface area contributed by atoms with E-state index in [0.29, 0.717) is 22.2 Å². The number of rotatable bonds is 3. The highest BCUT2D eigenvalue weighted by molar-refractivity contribution is 7.80. The van der Waals surface area contributed by atoms with Gasteiger partial charge in [-0.3, -0.25) is 10.1 Å². The van der Waals surface area contributed by atoms with E-state index in [9.17, 15) is 10.1 Å². The Kier molecular flexibility index (Phi) is 4.11. The van der Waals surface area contributed by atoms with Crippen molar-refractivity contribution in [2.75, 3.05) is 16.4 Å². The Balaban J connectivity index is 2.01. The molecular formula is C13H12N4O2S. The van der Waals surface area contributed by atoms with Gasteiger partial charge in [-0.25, -0.2) is 0 Å². The maximum absolute atomic E-state index is 10.5. The third kappa shape index (κ3) is 3.42. The van der Waals surface area contributed by atoms with Crippen LogP contribution in [0.2, 0.25) is 0 Å². The summed E-state index contributed by atoms with van der Waals surface area (Å²) in [5.41, 5.74) is 7.76. The number of anilines is 3. The van der Waals surface area contributed by atoms with Gasteiger partial charge in [-0.2, -0.15) is 0 Å². The van der Waals surface area contributed by atoms with Crippen LogP contribution in [0.3, 0.4) is 0 Å². The van der Waals surface area contributed by atoms with Gasteiger partial charge in [0.15, 0.2) is 5.11 Å². The zero-order valence-corrected chi connectivity index (χ0v) is 11.2. The SMILES string of the molecule is Nc1ccccc1NC(=S)Nc1ccc([N+](=O)[O-])cc1. The molecule has 2 aromatic carbocycles. The molecule has 0 unspecified atom stereocenters. The van der Waals surface area contributed by atoms with Crippen LogP contribution in [-0.2, 0) is 0 Å². The molecule has 0 fully saturated rings. The summed E-state index contributed by atoms with van der Waals surface area (Å²) in [7, 11) is 0. The lowest BCUT2D eigenvalue weighted by atomic mass is 10.2. The fourth-order valence-electron chi connectivity index (χ4n) is 1.56. The Morgan fingerprint density at radius 1 is 1.10 bits per heavy atom. The molecule has 7 heteroatoms. The molecule has 0 aromatic heterocycles. The number of nitrogen functional groups attached to an aromatic ring is 1. The molecule has 0 radical (unpaired) electrons. The lowest BCUT2D eigenvalue weighted by molar-refractivity contribution is -0.384. The van der Waals surface area contributed by atoms with E-state index in [2.05, 4.69) is 10.6 Å². The average molecular weight is 288 g/mol. The number of para-hydroxylation sites is 2. The first-order chi connectivity index (χ1) is 9.56. The molecule has 0 heterocycles. The highest BCUT2D eigenvalue weighted by Gasteiger charge is 2.05. The zero-order chi connectivity index (χ0) is 14.5. The van der Waals surface area contributed by atoms with Gasteiger partial charge < -0.3 is 16.4 Å². The van der Waals surface area contributed by atoms with E-state index in [1.165, 1.54) is 12.1 Å². The Hall–Kier alpha value is -2.67. The number of nitrogens with two attached hydrogens (primary N) is 1. The second kappa shape index (κ2) is 5.98. The summed E-state index contributed by atoms with van der Waals surface area (Å²) in [5.74, 6) is 0. The monoisotopic (exact) mass is 288 g/mol. The van der Waals surface area contributed by atoms with E-state index in [1.807, 2.05) is 12.1 Å². The molecule has 2 rings (SSSR count). The number of hydrogen-bond donors (Lipinski definition) is 3. The van der Waals surface area contributed by atoms with E-state index in [0.717, 1.165) is 0 Å². The molecule has 20 heavy (non-hydrogen) atoms. The highest BCUT2D eigenvalue weighted by Crippen LogP contribution is 2.18. The standard InChI is InChI=1S/C13H12N4O2S/c14-11-3-1-2-4-12(11)16-13(20)15-9-5-7-10(8-6-9)17(18)19/h1-8H,14H2,(H2,15,16,20). The smallest absolute Gasteiger partial charge is 0.269 e. The van der Waals surface area contributed by atoms with Crippen molar-refractivity contribution >= 4 is 40.1 Å². The first-order valence-corrected chi connectivity index (χ1v) is 6.14. The summed E-state index contributed by atoms with van der Waals surface area (Å²) >= 11 is 5.15. The van der Waals surface area contributed by atoms with Crippen molar-refractivity contribution in [3.05, 3.63) is 58.6 Å². The molecule has 0 aliphatic carbocycles. The number of nitro groups is 1. The first-order valence-electron chi connectivity index (χ1n) is 5.73.